The molecule has 0 radical (unpaired) electrons. The molecule has 16 heavy (non-hydrogen) atoms. The summed E-state index contributed by atoms with van der Waals surface area (Å²) < 4.78 is 19.0. The van der Waals surface area contributed by atoms with Crippen LogP contribution in [0, 0.1) is 12.7 Å². The van der Waals surface area contributed by atoms with Crippen LogP contribution < -0.4 is 4.74 Å². The van der Waals surface area contributed by atoms with Gasteiger partial charge in [0, 0.05) is 12.1 Å². The fourth-order valence-corrected chi connectivity index (χ4v) is 1.44. The van der Waals surface area contributed by atoms with Gasteiger partial charge in [-0.3, -0.25) is 0 Å². The van der Waals surface area contributed by atoms with Gasteiger partial charge in [0.1, 0.15) is 11.6 Å². The molecule has 0 unspecified atom stereocenters. The van der Waals surface area contributed by atoms with Crippen molar-refractivity contribution in [3.63, 3.8) is 0 Å². The summed E-state index contributed by atoms with van der Waals surface area (Å²) in [7, 11) is 0. The van der Waals surface area contributed by atoms with E-state index < -0.39 is 0 Å². The molecule has 2 rings (SSSR count). The zero-order valence-electron chi connectivity index (χ0n) is 8.45. The lowest BCUT2D eigenvalue weighted by Crippen LogP contribution is -1.92. The van der Waals surface area contributed by atoms with E-state index in [2.05, 4.69) is 26.1 Å². The van der Waals surface area contributed by atoms with E-state index in [-0.39, 0.29) is 5.82 Å². The Balaban J connectivity index is 2.26. The molecular formula is C11H8BrFN2O. The molecule has 0 saturated carbocycles. The molecule has 0 saturated heterocycles. The molecule has 0 aliphatic heterocycles. The van der Waals surface area contributed by atoms with Crippen molar-refractivity contribution in [2.45, 2.75) is 6.92 Å². The van der Waals surface area contributed by atoms with Crippen molar-refractivity contribution in [1.29, 1.82) is 0 Å². The van der Waals surface area contributed by atoms with Gasteiger partial charge in [0.2, 0.25) is 5.88 Å². The zero-order chi connectivity index (χ0) is 11.5. The smallest absolute Gasteiger partial charge is 0.238 e. The first-order valence-electron chi connectivity index (χ1n) is 4.58. The van der Waals surface area contributed by atoms with Crippen LogP contribution in [-0.2, 0) is 0 Å². The Bertz CT molecular complexity index is 502. The number of hydrogen-bond acceptors (Lipinski definition) is 3. The van der Waals surface area contributed by atoms with Gasteiger partial charge in [-0.1, -0.05) is 0 Å². The Kier molecular flexibility index (Phi) is 3.14. The molecule has 0 atom stereocenters. The summed E-state index contributed by atoms with van der Waals surface area (Å²) in [5.74, 6) is 0.341. The number of halogens is 2. The second kappa shape index (κ2) is 4.57. The summed E-state index contributed by atoms with van der Waals surface area (Å²) in [6, 6.07) is 7.66. The number of aryl methyl sites for hydroxylation is 1. The van der Waals surface area contributed by atoms with E-state index in [0.29, 0.717) is 16.1 Å². The van der Waals surface area contributed by atoms with Crippen LogP contribution in [0.15, 0.2) is 34.8 Å². The van der Waals surface area contributed by atoms with Crippen LogP contribution in [0.25, 0.3) is 0 Å². The molecule has 5 heteroatoms. The molecular weight excluding hydrogens is 275 g/mol. The molecule has 0 fully saturated rings. The van der Waals surface area contributed by atoms with E-state index in [1.807, 2.05) is 6.92 Å². The molecule has 0 aliphatic carbocycles. The van der Waals surface area contributed by atoms with Gasteiger partial charge in [0.05, 0.1) is 10.2 Å². The van der Waals surface area contributed by atoms with Crippen LogP contribution in [0.3, 0.4) is 0 Å². The molecule has 0 bridgehead atoms. The lowest BCUT2D eigenvalue weighted by atomic mass is 10.3. The molecule has 3 nitrogen and oxygen atoms in total. The fourth-order valence-electron chi connectivity index (χ4n) is 1.11. The van der Waals surface area contributed by atoms with Gasteiger partial charge in [-0.15, -0.1) is 5.10 Å². The molecule has 1 aromatic heterocycles. The van der Waals surface area contributed by atoms with Gasteiger partial charge in [0.15, 0.2) is 0 Å². The van der Waals surface area contributed by atoms with E-state index >= 15 is 0 Å². The van der Waals surface area contributed by atoms with Gasteiger partial charge < -0.3 is 4.74 Å². The Morgan fingerprint density at radius 3 is 2.69 bits per heavy atom. The van der Waals surface area contributed by atoms with E-state index in [9.17, 15) is 4.39 Å². The van der Waals surface area contributed by atoms with Crippen LogP contribution >= 0.6 is 15.9 Å². The van der Waals surface area contributed by atoms with Crippen molar-refractivity contribution in [3.05, 3.63) is 46.3 Å². The van der Waals surface area contributed by atoms with Gasteiger partial charge in [-0.2, -0.15) is 5.10 Å². The highest BCUT2D eigenvalue weighted by atomic mass is 79.9. The Labute approximate surface area is 100 Å². The van der Waals surface area contributed by atoms with Crippen molar-refractivity contribution >= 4 is 15.9 Å². The van der Waals surface area contributed by atoms with Crippen molar-refractivity contribution in [2.24, 2.45) is 0 Å². The summed E-state index contributed by atoms with van der Waals surface area (Å²) in [6.07, 6.45) is 0. The summed E-state index contributed by atoms with van der Waals surface area (Å²) >= 11 is 3.26. The summed E-state index contributed by atoms with van der Waals surface area (Å²) in [4.78, 5) is 0. The minimum absolute atomic E-state index is 0.330. The van der Waals surface area contributed by atoms with Gasteiger partial charge in [-0.05, 0) is 41.1 Å². The molecule has 0 aliphatic rings. The minimum atomic E-state index is -0.363. The number of benzene rings is 1. The lowest BCUT2D eigenvalue weighted by Gasteiger charge is -2.06. The maximum Gasteiger partial charge on any atom is 0.238 e. The monoisotopic (exact) mass is 282 g/mol. The Morgan fingerprint density at radius 2 is 2.00 bits per heavy atom. The zero-order valence-corrected chi connectivity index (χ0v) is 10.0. The van der Waals surface area contributed by atoms with Crippen LogP contribution in [0.1, 0.15) is 5.69 Å². The average molecular weight is 283 g/mol. The normalized spacial score (nSPS) is 10.2. The maximum absolute atomic E-state index is 13.0. The fraction of sp³-hybridized carbons (Fsp3) is 0.0909. The molecule has 2 aromatic rings. The molecule has 1 heterocycles. The van der Waals surface area contributed by atoms with E-state index in [1.54, 1.807) is 18.2 Å². The van der Waals surface area contributed by atoms with Gasteiger partial charge in [0.25, 0.3) is 0 Å². The summed E-state index contributed by atoms with van der Waals surface area (Å²) in [5.41, 5.74) is 0.797. The quantitative estimate of drug-likeness (QED) is 0.846. The lowest BCUT2D eigenvalue weighted by molar-refractivity contribution is 0.447. The average Bonchev–Trinajstić information content (AvgIpc) is 2.27. The highest BCUT2D eigenvalue weighted by Gasteiger charge is 2.05. The number of ether oxygens (including phenoxy) is 1. The highest BCUT2D eigenvalue weighted by Crippen LogP contribution is 2.29. The second-order valence-corrected chi connectivity index (χ2v) is 4.04. The first-order valence-corrected chi connectivity index (χ1v) is 5.38. The van der Waals surface area contributed by atoms with Gasteiger partial charge >= 0.3 is 0 Å². The van der Waals surface area contributed by atoms with Crippen LogP contribution in [0.5, 0.6) is 11.6 Å². The Hall–Kier alpha value is -1.49. The topological polar surface area (TPSA) is 35.0 Å². The van der Waals surface area contributed by atoms with E-state index in [1.165, 1.54) is 12.1 Å². The second-order valence-electron chi connectivity index (χ2n) is 3.19. The summed E-state index contributed by atoms with van der Waals surface area (Å²) in [6.45, 7) is 1.83. The Morgan fingerprint density at radius 1 is 1.19 bits per heavy atom. The molecule has 82 valence electrons. The number of hydrogen-bond donors (Lipinski definition) is 0. The molecule has 1 aromatic carbocycles. The van der Waals surface area contributed by atoms with E-state index in [0.717, 1.165) is 5.69 Å². The largest absolute Gasteiger partial charge is 0.436 e. The predicted molar refractivity (Wildman–Crippen MR) is 60.9 cm³/mol. The third kappa shape index (κ3) is 2.55. The van der Waals surface area contributed by atoms with Crippen LogP contribution in [0.4, 0.5) is 4.39 Å². The van der Waals surface area contributed by atoms with Gasteiger partial charge in [-0.25, -0.2) is 4.39 Å². The van der Waals surface area contributed by atoms with E-state index in [4.69, 9.17) is 4.74 Å². The van der Waals surface area contributed by atoms with Crippen molar-refractivity contribution in [2.75, 3.05) is 0 Å². The number of aromatic nitrogens is 2. The highest BCUT2D eigenvalue weighted by molar-refractivity contribution is 9.10. The molecule has 0 spiro atoms. The van der Waals surface area contributed by atoms with Crippen LogP contribution in [-0.4, -0.2) is 10.2 Å². The molecule has 0 amide bonds. The predicted octanol–water partition coefficient (Wildman–Crippen LogP) is 3.48. The SMILES string of the molecule is Cc1ccc(Oc2cc(F)ccc2Br)nn1. The standard InChI is InChI=1S/C11H8BrFN2O/c1-7-2-5-11(15-14-7)16-10-6-8(13)3-4-9(10)12/h2-6H,1H3. The van der Waals surface area contributed by atoms with Crippen molar-refractivity contribution in [1.82, 2.24) is 10.2 Å². The summed E-state index contributed by atoms with van der Waals surface area (Å²) in [5, 5.41) is 7.67. The maximum atomic E-state index is 13.0. The first kappa shape index (κ1) is 11.0. The van der Waals surface area contributed by atoms with Crippen molar-refractivity contribution < 1.29 is 9.13 Å². The first-order chi connectivity index (χ1) is 7.65. The third-order valence-corrected chi connectivity index (χ3v) is 2.54. The third-order valence-electron chi connectivity index (χ3n) is 1.88. The number of nitrogens with zero attached hydrogens (tertiary/aromatic N) is 2. The number of rotatable bonds is 2. The molecule has 0 N–H and O–H groups in total. The minimum Gasteiger partial charge on any atom is -0.436 e. The van der Waals surface area contributed by atoms with Crippen molar-refractivity contribution in [3.8, 4) is 11.6 Å². The van der Waals surface area contributed by atoms with Crippen LogP contribution in [0.2, 0.25) is 0 Å².